The summed E-state index contributed by atoms with van der Waals surface area (Å²) in [7, 11) is 0. The van der Waals surface area contributed by atoms with Crippen molar-refractivity contribution >= 4 is 5.97 Å². The Hall–Kier alpha value is -0.570. The Kier molecular flexibility index (Phi) is 6.41. The lowest BCUT2D eigenvalue weighted by Crippen LogP contribution is -2.25. The van der Waals surface area contributed by atoms with Crippen molar-refractivity contribution in [3.63, 3.8) is 0 Å². The first-order chi connectivity index (χ1) is 7.33. The molecule has 0 unspecified atom stereocenters. The second kappa shape index (κ2) is 7.69. The molecule has 0 spiro atoms. The summed E-state index contributed by atoms with van der Waals surface area (Å²) in [6.45, 7) is 3.63. The van der Waals surface area contributed by atoms with Crippen LogP contribution in [0.2, 0.25) is 0 Å². The van der Waals surface area contributed by atoms with E-state index in [-0.39, 0.29) is 12.1 Å². The zero-order valence-corrected chi connectivity index (χ0v) is 9.67. The molecule has 0 N–H and O–H groups in total. The highest BCUT2D eigenvalue weighted by Gasteiger charge is 2.17. The van der Waals surface area contributed by atoms with Gasteiger partial charge in [0.15, 0.2) is 0 Å². The van der Waals surface area contributed by atoms with Gasteiger partial charge in [-0.05, 0) is 6.42 Å². The van der Waals surface area contributed by atoms with E-state index in [2.05, 4.69) is 6.92 Å². The topological polar surface area (TPSA) is 35.5 Å². The van der Waals surface area contributed by atoms with Gasteiger partial charge >= 0.3 is 5.97 Å². The van der Waals surface area contributed by atoms with Crippen molar-refractivity contribution < 1.29 is 14.3 Å². The summed E-state index contributed by atoms with van der Waals surface area (Å²) in [5, 5.41) is 0. The van der Waals surface area contributed by atoms with E-state index in [4.69, 9.17) is 9.47 Å². The van der Waals surface area contributed by atoms with Crippen molar-refractivity contribution in [3.05, 3.63) is 0 Å². The number of hydrogen-bond acceptors (Lipinski definition) is 3. The molecule has 0 amide bonds. The van der Waals surface area contributed by atoms with Crippen LogP contribution in [0.4, 0.5) is 0 Å². The van der Waals surface area contributed by atoms with E-state index in [0.717, 1.165) is 38.9 Å². The molecule has 1 aliphatic heterocycles. The number of ether oxygens (including phenoxy) is 2. The molecule has 1 saturated heterocycles. The summed E-state index contributed by atoms with van der Waals surface area (Å²) in [5.41, 5.74) is 0. The molecule has 3 heteroatoms. The van der Waals surface area contributed by atoms with Gasteiger partial charge in [0.1, 0.15) is 6.10 Å². The number of esters is 1. The smallest absolute Gasteiger partial charge is 0.306 e. The van der Waals surface area contributed by atoms with Crippen molar-refractivity contribution in [2.24, 2.45) is 0 Å². The number of carbonyl (C=O) groups is 1. The maximum absolute atomic E-state index is 11.4. The Bertz CT molecular complexity index is 174. The third-order valence-corrected chi connectivity index (χ3v) is 2.70. The van der Waals surface area contributed by atoms with Crippen LogP contribution in [-0.4, -0.2) is 25.3 Å². The fourth-order valence-electron chi connectivity index (χ4n) is 1.73. The van der Waals surface area contributed by atoms with E-state index in [1.807, 2.05) is 0 Å². The van der Waals surface area contributed by atoms with Gasteiger partial charge in [0.05, 0.1) is 13.2 Å². The molecule has 0 aromatic heterocycles. The molecule has 0 radical (unpaired) electrons. The maximum Gasteiger partial charge on any atom is 0.306 e. The lowest BCUT2D eigenvalue weighted by atomic mass is 10.1. The van der Waals surface area contributed by atoms with E-state index >= 15 is 0 Å². The Morgan fingerprint density at radius 3 is 2.67 bits per heavy atom. The van der Waals surface area contributed by atoms with Crippen LogP contribution in [0.5, 0.6) is 0 Å². The lowest BCUT2D eigenvalue weighted by molar-refractivity contribution is -0.153. The predicted octanol–water partition coefficient (Wildman–Crippen LogP) is 2.68. The van der Waals surface area contributed by atoms with Crippen LogP contribution in [-0.2, 0) is 14.3 Å². The third-order valence-electron chi connectivity index (χ3n) is 2.70. The second-order valence-corrected chi connectivity index (χ2v) is 4.11. The van der Waals surface area contributed by atoms with Crippen LogP contribution < -0.4 is 0 Å². The minimum Gasteiger partial charge on any atom is -0.462 e. The first-order valence-corrected chi connectivity index (χ1v) is 6.10. The fraction of sp³-hybridized carbons (Fsp3) is 0.917. The summed E-state index contributed by atoms with van der Waals surface area (Å²) in [5.74, 6) is -0.0296. The SMILES string of the molecule is CCCCCCC(=O)OC1CCOCC1. The average molecular weight is 214 g/mol. The lowest BCUT2D eigenvalue weighted by Gasteiger charge is -2.22. The van der Waals surface area contributed by atoms with Crippen LogP contribution in [0, 0.1) is 0 Å². The molecule has 0 bridgehead atoms. The van der Waals surface area contributed by atoms with E-state index in [1.165, 1.54) is 12.8 Å². The van der Waals surface area contributed by atoms with Gasteiger partial charge in [0, 0.05) is 19.3 Å². The normalized spacial score (nSPS) is 17.7. The monoisotopic (exact) mass is 214 g/mol. The molecular formula is C12H22O3. The molecule has 88 valence electrons. The highest BCUT2D eigenvalue weighted by atomic mass is 16.5. The predicted molar refractivity (Wildman–Crippen MR) is 58.7 cm³/mol. The molecule has 1 fully saturated rings. The van der Waals surface area contributed by atoms with Crippen molar-refractivity contribution in [2.75, 3.05) is 13.2 Å². The summed E-state index contributed by atoms with van der Waals surface area (Å²) in [6, 6.07) is 0. The van der Waals surface area contributed by atoms with E-state index < -0.39 is 0 Å². The highest BCUT2D eigenvalue weighted by molar-refractivity contribution is 5.69. The molecule has 15 heavy (non-hydrogen) atoms. The van der Waals surface area contributed by atoms with Crippen LogP contribution >= 0.6 is 0 Å². The highest BCUT2D eigenvalue weighted by Crippen LogP contribution is 2.12. The average Bonchev–Trinajstić information content (AvgIpc) is 2.26. The van der Waals surface area contributed by atoms with Gasteiger partial charge in [-0.1, -0.05) is 26.2 Å². The van der Waals surface area contributed by atoms with Gasteiger partial charge in [-0.15, -0.1) is 0 Å². The van der Waals surface area contributed by atoms with Crippen molar-refractivity contribution in [1.82, 2.24) is 0 Å². The first-order valence-electron chi connectivity index (χ1n) is 6.10. The molecule has 1 heterocycles. The Morgan fingerprint density at radius 2 is 2.00 bits per heavy atom. The molecule has 1 aliphatic rings. The zero-order valence-electron chi connectivity index (χ0n) is 9.67. The van der Waals surface area contributed by atoms with Gasteiger partial charge in [-0.25, -0.2) is 0 Å². The first kappa shape index (κ1) is 12.5. The summed E-state index contributed by atoms with van der Waals surface area (Å²) in [6.07, 6.45) is 6.94. The van der Waals surface area contributed by atoms with E-state index in [1.54, 1.807) is 0 Å². The standard InChI is InChI=1S/C12H22O3/c1-2-3-4-5-6-12(13)15-11-7-9-14-10-8-11/h11H,2-10H2,1H3. The number of hydrogen-bond donors (Lipinski definition) is 0. The van der Waals surface area contributed by atoms with Gasteiger partial charge in [0.25, 0.3) is 0 Å². The summed E-state index contributed by atoms with van der Waals surface area (Å²) >= 11 is 0. The molecule has 3 nitrogen and oxygen atoms in total. The maximum atomic E-state index is 11.4. The quantitative estimate of drug-likeness (QED) is 0.503. The number of rotatable bonds is 6. The molecule has 0 saturated carbocycles. The summed E-state index contributed by atoms with van der Waals surface area (Å²) in [4.78, 5) is 11.4. The van der Waals surface area contributed by atoms with Gasteiger partial charge in [-0.3, -0.25) is 4.79 Å². The number of unbranched alkanes of at least 4 members (excludes halogenated alkanes) is 3. The van der Waals surface area contributed by atoms with E-state index in [0.29, 0.717) is 6.42 Å². The Balaban J connectivity index is 2.01. The van der Waals surface area contributed by atoms with Gasteiger partial charge < -0.3 is 9.47 Å². The minimum atomic E-state index is -0.0296. The van der Waals surface area contributed by atoms with Gasteiger partial charge in [-0.2, -0.15) is 0 Å². The molecule has 0 aromatic carbocycles. The molecule has 0 aliphatic carbocycles. The zero-order chi connectivity index (χ0) is 10.9. The van der Waals surface area contributed by atoms with Crippen molar-refractivity contribution in [2.45, 2.75) is 58.0 Å². The summed E-state index contributed by atoms with van der Waals surface area (Å²) < 4.78 is 10.6. The second-order valence-electron chi connectivity index (χ2n) is 4.11. The molecule has 0 atom stereocenters. The van der Waals surface area contributed by atoms with Crippen molar-refractivity contribution in [3.8, 4) is 0 Å². The largest absolute Gasteiger partial charge is 0.462 e. The Labute approximate surface area is 92.1 Å². The van der Waals surface area contributed by atoms with Crippen LogP contribution in [0.1, 0.15) is 51.9 Å². The third kappa shape index (κ3) is 5.78. The van der Waals surface area contributed by atoms with Crippen LogP contribution in [0.15, 0.2) is 0 Å². The van der Waals surface area contributed by atoms with E-state index in [9.17, 15) is 4.79 Å². The fourth-order valence-corrected chi connectivity index (χ4v) is 1.73. The van der Waals surface area contributed by atoms with Crippen LogP contribution in [0.3, 0.4) is 0 Å². The molecular weight excluding hydrogens is 192 g/mol. The van der Waals surface area contributed by atoms with Crippen molar-refractivity contribution in [1.29, 1.82) is 0 Å². The number of carbonyl (C=O) groups excluding carboxylic acids is 1. The molecule has 0 aromatic rings. The minimum absolute atomic E-state index is 0.0296. The molecule has 1 rings (SSSR count). The Morgan fingerprint density at radius 1 is 1.27 bits per heavy atom. The van der Waals surface area contributed by atoms with Gasteiger partial charge in [0.2, 0.25) is 0 Å². The van der Waals surface area contributed by atoms with Crippen LogP contribution in [0.25, 0.3) is 0 Å².